The highest BCUT2D eigenvalue weighted by Crippen LogP contribution is 2.22. The van der Waals surface area contributed by atoms with Gasteiger partial charge in [-0.25, -0.2) is 9.59 Å². The molecule has 0 radical (unpaired) electrons. The number of rotatable bonds is 4. The number of nitrogens with one attached hydrogen (secondary N) is 1. The van der Waals surface area contributed by atoms with Crippen LogP contribution in [0.5, 0.6) is 0 Å². The fraction of sp³-hybridized carbons (Fsp3) is 0.125. The summed E-state index contributed by atoms with van der Waals surface area (Å²) in [5, 5.41) is 3.12. The zero-order valence-corrected chi connectivity index (χ0v) is 11.8. The van der Waals surface area contributed by atoms with Crippen molar-refractivity contribution in [3.05, 3.63) is 59.7 Å². The fourth-order valence-electron chi connectivity index (χ4n) is 1.84. The topological polar surface area (TPSA) is 64.6 Å². The maximum Gasteiger partial charge on any atom is 0.339 e. The van der Waals surface area contributed by atoms with Gasteiger partial charge in [0.25, 0.3) is 0 Å². The lowest BCUT2D eigenvalue weighted by molar-refractivity contribution is 0.0592. The molecule has 1 N–H and O–H groups in total. The smallest absolute Gasteiger partial charge is 0.339 e. The van der Waals surface area contributed by atoms with E-state index in [2.05, 4.69) is 10.1 Å². The number of ether oxygens (including phenoxy) is 2. The van der Waals surface area contributed by atoms with Gasteiger partial charge in [0.1, 0.15) is 0 Å². The number of benzene rings is 2. The molecule has 5 heteroatoms. The molecule has 0 fully saturated rings. The highest BCUT2D eigenvalue weighted by atomic mass is 16.5. The molecule has 21 heavy (non-hydrogen) atoms. The minimum Gasteiger partial charge on any atom is -0.465 e. The Morgan fingerprint density at radius 1 is 0.857 bits per heavy atom. The molecule has 0 aliphatic heterocycles. The van der Waals surface area contributed by atoms with Crippen LogP contribution in [0, 0.1) is 0 Å². The van der Waals surface area contributed by atoms with Crippen molar-refractivity contribution in [2.75, 3.05) is 19.5 Å². The number of methoxy groups -OCH3 is 2. The molecule has 2 aromatic rings. The van der Waals surface area contributed by atoms with Crippen molar-refractivity contribution in [1.29, 1.82) is 0 Å². The van der Waals surface area contributed by atoms with Crippen LogP contribution in [0.25, 0.3) is 0 Å². The first-order chi connectivity index (χ1) is 10.2. The molecule has 0 unspecified atom stereocenters. The monoisotopic (exact) mass is 285 g/mol. The second-order valence-corrected chi connectivity index (χ2v) is 4.23. The second-order valence-electron chi connectivity index (χ2n) is 4.23. The van der Waals surface area contributed by atoms with Gasteiger partial charge in [-0.3, -0.25) is 0 Å². The first-order valence-corrected chi connectivity index (χ1v) is 6.28. The Balaban J connectivity index is 2.23. The van der Waals surface area contributed by atoms with Gasteiger partial charge in [-0.1, -0.05) is 12.1 Å². The molecule has 0 saturated heterocycles. The number of hydrogen-bond acceptors (Lipinski definition) is 5. The molecule has 0 heterocycles. The van der Waals surface area contributed by atoms with Crippen LogP contribution in [-0.2, 0) is 9.47 Å². The highest BCUT2D eigenvalue weighted by molar-refractivity contribution is 5.96. The lowest BCUT2D eigenvalue weighted by Crippen LogP contribution is -2.05. The maximum absolute atomic E-state index is 11.7. The van der Waals surface area contributed by atoms with E-state index in [1.807, 2.05) is 6.07 Å². The van der Waals surface area contributed by atoms with Gasteiger partial charge in [-0.05, 0) is 36.4 Å². The molecule has 2 aromatic carbocycles. The van der Waals surface area contributed by atoms with E-state index in [1.165, 1.54) is 14.2 Å². The Bertz CT molecular complexity index is 650. The van der Waals surface area contributed by atoms with Gasteiger partial charge in [-0.2, -0.15) is 0 Å². The predicted octanol–water partition coefficient (Wildman–Crippen LogP) is 3.00. The highest BCUT2D eigenvalue weighted by Gasteiger charge is 2.11. The molecule has 108 valence electrons. The summed E-state index contributed by atoms with van der Waals surface area (Å²) >= 11 is 0. The summed E-state index contributed by atoms with van der Waals surface area (Å²) < 4.78 is 9.38. The molecule has 2 rings (SSSR count). The molecule has 0 aromatic heterocycles. The largest absolute Gasteiger partial charge is 0.465 e. The Morgan fingerprint density at radius 2 is 1.48 bits per heavy atom. The van der Waals surface area contributed by atoms with E-state index in [9.17, 15) is 9.59 Å². The molecular formula is C16H15NO4. The quantitative estimate of drug-likeness (QED) is 0.875. The van der Waals surface area contributed by atoms with Crippen LogP contribution in [0.3, 0.4) is 0 Å². The van der Waals surface area contributed by atoms with E-state index >= 15 is 0 Å². The number of carbonyl (C=O) groups is 2. The summed E-state index contributed by atoms with van der Waals surface area (Å²) in [6.45, 7) is 0. The van der Waals surface area contributed by atoms with Crippen LogP contribution >= 0.6 is 0 Å². The van der Waals surface area contributed by atoms with Crippen molar-refractivity contribution in [1.82, 2.24) is 0 Å². The summed E-state index contributed by atoms with van der Waals surface area (Å²) in [6, 6.07) is 13.8. The third-order valence-electron chi connectivity index (χ3n) is 2.92. The van der Waals surface area contributed by atoms with Crippen molar-refractivity contribution in [2.24, 2.45) is 0 Å². The van der Waals surface area contributed by atoms with Gasteiger partial charge >= 0.3 is 11.9 Å². The SMILES string of the molecule is COC(=O)c1ccc(Nc2ccccc2C(=O)OC)cc1. The fourth-order valence-corrected chi connectivity index (χ4v) is 1.84. The Labute approximate surface area is 122 Å². The van der Waals surface area contributed by atoms with Crippen molar-refractivity contribution < 1.29 is 19.1 Å². The first-order valence-electron chi connectivity index (χ1n) is 6.28. The molecule has 0 atom stereocenters. The van der Waals surface area contributed by atoms with Gasteiger partial charge < -0.3 is 14.8 Å². The van der Waals surface area contributed by atoms with E-state index in [-0.39, 0.29) is 0 Å². The van der Waals surface area contributed by atoms with Gasteiger partial charge in [0, 0.05) is 5.69 Å². The zero-order valence-electron chi connectivity index (χ0n) is 11.8. The van der Waals surface area contributed by atoms with Gasteiger partial charge in [-0.15, -0.1) is 0 Å². The van der Waals surface area contributed by atoms with Crippen molar-refractivity contribution in [3.63, 3.8) is 0 Å². The number of esters is 2. The van der Waals surface area contributed by atoms with Crippen molar-refractivity contribution in [3.8, 4) is 0 Å². The lowest BCUT2D eigenvalue weighted by Gasteiger charge is -2.11. The summed E-state index contributed by atoms with van der Waals surface area (Å²) in [5.74, 6) is -0.805. The zero-order chi connectivity index (χ0) is 15.2. The maximum atomic E-state index is 11.7. The summed E-state index contributed by atoms with van der Waals surface area (Å²) in [7, 11) is 2.67. The Hall–Kier alpha value is -2.82. The van der Waals surface area contributed by atoms with Gasteiger partial charge in [0.15, 0.2) is 0 Å². The average molecular weight is 285 g/mol. The summed E-state index contributed by atoms with van der Waals surface area (Å²) in [4.78, 5) is 23.0. The Morgan fingerprint density at radius 3 is 2.10 bits per heavy atom. The third kappa shape index (κ3) is 3.39. The van der Waals surface area contributed by atoms with Crippen LogP contribution in [0.2, 0.25) is 0 Å². The predicted molar refractivity (Wildman–Crippen MR) is 78.8 cm³/mol. The number of hydrogen-bond donors (Lipinski definition) is 1. The van der Waals surface area contributed by atoms with Gasteiger partial charge in [0.05, 0.1) is 31.0 Å². The average Bonchev–Trinajstić information content (AvgIpc) is 2.54. The molecule has 0 saturated carbocycles. The van der Waals surface area contributed by atoms with Crippen molar-refractivity contribution in [2.45, 2.75) is 0 Å². The molecule has 5 nitrogen and oxygen atoms in total. The minimum atomic E-state index is -0.413. The molecule has 0 bridgehead atoms. The first kappa shape index (κ1) is 14.6. The number of para-hydroxylation sites is 1. The number of carbonyl (C=O) groups excluding carboxylic acids is 2. The number of anilines is 2. The van der Waals surface area contributed by atoms with Crippen LogP contribution in [0.1, 0.15) is 20.7 Å². The van der Waals surface area contributed by atoms with E-state index in [4.69, 9.17) is 4.74 Å². The van der Waals surface area contributed by atoms with Crippen LogP contribution in [-0.4, -0.2) is 26.2 Å². The standard InChI is InChI=1S/C16H15NO4/c1-20-15(18)11-7-9-12(10-8-11)17-14-6-4-3-5-13(14)16(19)21-2/h3-10,17H,1-2H3. The van der Waals surface area contributed by atoms with E-state index in [0.29, 0.717) is 16.8 Å². The molecule has 0 spiro atoms. The lowest BCUT2D eigenvalue weighted by atomic mass is 10.1. The normalized spacial score (nSPS) is 9.81. The van der Waals surface area contributed by atoms with Gasteiger partial charge in [0.2, 0.25) is 0 Å². The summed E-state index contributed by atoms with van der Waals surface area (Å²) in [5.41, 5.74) is 2.29. The van der Waals surface area contributed by atoms with Crippen LogP contribution in [0.4, 0.5) is 11.4 Å². The molecular weight excluding hydrogens is 270 g/mol. The van der Waals surface area contributed by atoms with Crippen LogP contribution < -0.4 is 5.32 Å². The minimum absolute atomic E-state index is 0.392. The summed E-state index contributed by atoms with van der Waals surface area (Å²) in [6.07, 6.45) is 0. The van der Waals surface area contributed by atoms with E-state index in [0.717, 1.165) is 5.69 Å². The van der Waals surface area contributed by atoms with Crippen molar-refractivity contribution >= 4 is 23.3 Å². The van der Waals surface area contributed by atoms with E-state index < -0.39 is 11.9 Å². The molecule has 0 amide bonds. The molecule has 0 aliphatic carbocycles. The Kier molecular flexibility index (Phi) is 4.56. The van der Waals surface area contributed by atoms with E-state index in [1.54, 1.807) is 42.5 Å². The van der Waals surface area contributed by atoms with Crippen LogP contribution in [0.15, 0.2) is 48.5 Å². The third-order valence-corrected chi connectivity index (χ3v) is 2.92. The second kappa shape index (κ2) is 6.56. The molecule has 0 aliphatic rings.